The van der Waals surface area contributed by atoms with Gasteiger partial charge in [-0.1, -0.05) is 42.5 Å². The van der Waals surface area contributed by atoms with E-state index in [0.717, 1.165) is 11.1 Å². The average Bonchev–Trinajstić information content (AvgIpc) is 2.39. The minimum Gasteiger partial charge on any atom is -0.467 e. The Morgan fingerprint density at radius 1 is 0.789 bits per heavy atom. The molecule has 2 aromatic rings. The first-order chi connectivity index (χ1) is 9.04. The van der Waals surface area contributed by atoms with Crippen LogP contribution in [0.2, 0.25) is 0 Å². The van der Waals surface area contributed by atoms with Crippen LogP contribution in [0.25, 0.3) is 11.1 Å². The summed E-state index contributed by atoms with van der Waals surface area (Å²) in [7, 11) is 0. The van der Waals surface area contributed by atoms with Crippen LogP contribution in [0.4, 0.5) is 13.2 Å². The lowest BCUT2D eigenvalue weighted by Crippen LogP contribution is -2.17. The van der Waals surface area contributed by atoms with Gasteiger partial charge in [0.2, 0.25) is 0 Å². The number of ether oxygens (including phenoxy) is 2. The van der Waals surface area contributed by atoms with E-state index < -0.39 is 13.2 Å². The van der Waals surface area contributed by atoms with Gasteiger partial charge in [0.05, 0.1) is 0 Å². The predicted molar refractivity (Wildman–Crippen MR) is 64.5 cm³/mol. The summed E-state index contributed by atoms with van der Waals surface area (Å²) >= 11 is 0. The molecular formula is C14H11F3O2. The lowest BCUT2D eigenvalue weighted by molar-refractivity contribution is -0.341. The minimum absolute atomic E-state index is 0.323. The summed E-state index contributed by atoms with van der Waals surface area (Å²) in [5.74, 6) is 0.323. The largest absolute Gasteiger partial charge is 0.525 e. The molecule has 0 atom stereocenters. The first kappa shape index (κ1) is 13.4. The quantitative estimate of drug-likeness (QED) is 0.773. The van der Waals surface area contributed by atoms with Crippen LogP contribution in [-0.2, 0) is 4.74 Å². The van der Waals surface area contributed by atoms with Crippen LogP contribution in [0.1, 0.15) is 0 Å². The van der Waals surface area contributed by atoms with Crippen LogP contribution < -0.4 is 4.74 Å². The Balaban J connectivity index is 1.96. The molecule has 2 rings (SSSR count). The second kappa shape index (κ2) is 5.75. The highest BCUT2D eigenvalue weighted by Gasteiger charge is 2.29. The van der Waals surface area contributed by atoms with Crippen LogP contribution in [0.3, 0.4) is 0 Å². The minimum atomic E-state index is -4.68. The smallest absolute Gasteiger partial charge is 0.467 e. The van der Waals surface area contributed by atoms with Gasteiger partial charge in [0, 0.05) is 0 Å². The topological polar surface area (TPSA) is 18.5 Å². The molecule has 0 aliphatic heterocycles. The third-order valence-corrected chi connectivity index (χ3v) is 2.41. The van der Waals surface area contributed by atoms with Crippen molar-refractivity contribution >= 4 is 0 Å². The molecule has 0 fully saturated rings. The van der Waals surface area contributed by atoms with Gasteiger partial charge in [-0.3, -0.25) is 4.74 Å². The van der Waals surface area contributed by atoms with Crippen LogP contribution in [0.5, 0.6) is 5.75 Å². The number of hydrogen-bond acceptors (Lipinski definition) is 2. The second-order valence-electron chi connectivity index (χ2n) is 3.74. The second-order valence-corrected chi connectivity index (χ2v) is 3.74. The zero-order valence-electron chi connectivity index (χ0n) is 9.85. The first-order valence-electron chi connectivity index (χ1n) is 5.53. The monoisotopic (exact) mass is 268 g/mol. The Kier molecular flexibility index (Phi) is 4.06. The maximum Gasteiger partial charge on any atom is 0.525 e. The van der Waals surface area contributed by atoms with Gasteiger partial charge < -0.3 is 4.74 Å². The van der Waals surface area contributed by atoms with Crippen molar-refractivity contribution in [2.24, 2.45) is 0 Å². The van der Waals surface area contributed by atoms with Crippen molar-refractivity contribution in [3.63, 3.8) is 0 Å². The summed E-state index contributed by atoms with van der Waals surface area (Å²) in [6.07, 6.45) is -4.68. The van der Waals surface area contributed by atoms with E-state index in [2.05, 4.69) is 4.74 Å². The summed E-state index contributed by atoms with van der Waals surface area (Å²) in [6.45, 7) is -0.853. The summed E-state index contributed by atoms with van der Waals surface area (Å²) < 4.78 is 43.6. The maximum absolute atomic E-state index is 11.7. The molecule has 100 valence electrons. The standard InChI is InChI=1S/C14H11F3O2/c15-14(16,17)19-10-18-13-8-6-12(7-9-13)11-4-2-1-3-5-11/h1-9H,10H2. The van der Waals surface area contributed by atoms with Crippen LogP contribution in [0, 0.1) is 0 Å². The van der Waals surface area contributed by atoms with Crippen LogP contribution in [0.15, 0.2) is 54.6 Å². The highest BCUT2D eigenvalue weighted by molar-refractivity contribution is 5.63. The molecule has 5 heteroatoms. The summed E-state index contributed by atoms with van der Waals surface area (Å²) in [5.41, 5.74) is 1.99. The van der Waals surface area contributed by atoms with Gasteiger partial charge in [-0.25, -0.2) is 0 Å². The van der Waals surface area contributed by atoms with Crippen molar-refractivity contribution in [1.29, 1.82) is 0 Å². The van der Waals surface area contributed by atoms with Crippen LogP contribution >= 0.6 is 0 Å². The molecule has 19 heavy (non-hydrogen) atoms. The van der Waals surface area contributed by atoms with Gasteiger partial charge in [0.15, 0.2) is 6.79 Å². The first-order valence-corrected chi connectivity index (χ1v) is 5.53. The summed E-state index contributed by atoms with van der Waals surface area (Å²) in [5, 5.41) is 0. The molecule has 0 radical (unpaired) electrons. The van der Waals surface area contributed by atoms with Crippen molar-refractivity contribution in [3.05, 3.63) is 54.6 Å². The Labute approximate surface area is 108 Å². The van der Waals surface area contributed by atoms with E-state index in [1.54, 1.807) is 24.3 Å². The van der Waals surface area contributed by atoms with E-state index in [1.807, 2.05) is 30.3 Å². The molecule has 0 spiro atoms. The molecule has 0 N–H and O–H groups in total. The molecule has 0 unspecified atom stereocenters. The van der Waals surface area contributed by atoms with E-state index in [0.29, 0.717) is 5.75 Å². The number of benzene rings is 2. The number of hydrogen-bond donors (Lipinski definition) is 0. The molecule has 2 aromatic carbocycles. The molecule has 0 saturated heterocycles. The van der Waals surface area contributed by atoms with Crippen molar-refractivity contribution < 1.29 is 22.6 Å². The lowest BCUT2D eigenvalue weighted by Gasteiger charge is -2.09. The molecule has 0 aliphatic rings. The van der Waals surface area contributed by atoms with Crippen molar-refractivity contribution in [1.82, 2.24) is 0 Å². The normalized spacial score (nSPS) is 11.3. The van der Waals surface area contributed by atoms with Crippen molar-refractivity contribution in [2.75, 3.05) is 6.79 Å². The fraction of sp³-hybridized carbons (Fsp3) is 0.143. The van der Waals surface area contributed by atoms with E-state index in [9.17, 15) is 13.2 Å². The molecule has 0 heterocycles. The molecule has 2 nitrogen and oxygen atoms in total. The third-order valence-electron chi connectivity index (χ3n) is 2.41. The van der Waals surface area contributed by atoms with Gasteiger partial charge in [0.25, 0.3) is 0 Å². The van der Waals surface area contributed by atoms with E-state index >= 15 is 0 Å². The molecule has 0 amide bonds. The highest BCUT2D eigenvalue weighted by atomic mass is 19.4. The Hall–Kier alpha value is -2.01. The molecular weight excluding hydrogens is 257 g/mol. The van der Waals surface area contributed by atoms with E-state index in [4.69, 9.17) is 4.74 Å². The SMILES string of the molecule is FC(F)(F)OCOc1ccc(-c2ccccc2)cc1. The van der Waals surface area contributed by atoms with Gasteiger partial charge in [-0.2, -0.15) is 0 Å². The van der Waals surface area contributed by atoms with Crippen LogP contribution in [-0.4, -0.2) is 13.2 Å². The zero-order chi connectivity index (χ0) is 13.7. The Morgan fingerprint density at radius 2 is 1.37 bits per heavy atom. The van der Waals surface area contributed by atoms with Crippen molar-refractivity contribution in [3.8, 4) is 16.9 Å². The Bertz CT molecular complexity index is 506. The fourth-order valence-corrected chi connectivity index (χ4v) is 1.54. The third kappa shape index (κ3) is 4.30. The molecule has 0 aliphatic carbocycles. The number of alkyl halides is 3. The number of halogens is 3. The van der Waals surface area contributed by atoms with Gasteiger partial charge in [-0.15, -0.1) is 13.2 Å². The molecule has 0 bridgehead atoms. The Morgan fingerprint density at radius 3 is 1.95 bits per heavy atom. The predicted octanol–water partition coefficient (Wildman–Crippen LogP) is 4.23. The van der Waals surface area contributed by atoms with Gasteiger partial charge in [-0.05, 0) is 23.3 Å². The summed E-state index contributed by atoms with van der Waals surface area (Å²) in [4.78, 5) is 0. The van der Waals surface area contributed by atoms with Gasteiger partial charge in [0.1, 0.15) is 5.75 Å². The van der Waals surface area contributed by atoms with Gasteiger partial charge >= 0.3 is 6.36 Å². The lowest BCUT2D eigenvalue weighted by atomic mass is 10.1. The average molecular weight is 268 g/mol. The molecule has 0 aromatic heterocycles. The maximum atomic E-state index is 11.7. The van der Waals surface area contributed by atoms with E-state index in [1.165, 1.54) is 0 Å². The summed E-state index contributed by atoms with van der Waals surface area (Å²) in [6, 6.07) is 16.4. The zero-order valence-corrected chi connectivity index (χ0v) is 9.85. The fourth-order valence-electron chi connectivity index (χ4n) is 1.54. The highest BCUT2D eigenvalue weighted by Crippen LogP contribution is 2.22. The molecule has 0 saturated carbocycles. The van der Waals surface area contributed by atoms with E-state index in [-0.39, 0.29) is 0 Å². The number of rotatable bonds is 4. The van der Waals surface area contributed by atoms with Crippen molar-refractivity contribution in [2.45, 2.75) is 6.36 Å².